The molecule has 2 atom stereocenters. The number of rotatable bonds is 2. The fourth-order valence-electron chi connectivity index (χ4n) is 2.30. The highest BCUT2D eigenvalue weighted by Crippen LogP contribution is 2.48. The molecule has 0 amide bonds. The summed E-state index contributed by atoms with van der Waals surface area (Å²) < 4.78 is 22.9. The molecule has 2 rings (SSSR count). The van der Waals surface area contributed by atoms with Crippen LogP contribution in [0.2, 0.25) is 0 Å². The van der Waals surface area contributed by atoms with Crippen molar-refractivity contribution in [2.45, 2.75) is 18.0 Å². The first-order chi connectivity index (χ1) is 9.29. The molecule has 118 valence electrons. The van der Waals surface area contributed by atoms with E-state index < -0.39 is 54.9 Å². The van der Waals surface area contributed by atoms with Crippen LogP contribution in [0.4, 0.5) is 0 Å². The third kappa shape index (κ3) is 2.49. The average Bonchev–Trinajstić information content (AvgIpc) is 2.48. The summed E-state index contributed by atoms with van der Waals surface area (Å²) in [5.41, 5.74) is -1.44. The molecule has 0 aliphatic heterocycles. The van der Waals surface area contributed by atoms with E-state index in [0.29, 0.717) is 6.07 Å². The van der Waals surface area contributed by atoms with Gasteiger partial charge < -0.3 is 40.0 Å². The van der Waals surface area contributed by atoms with Crippen molar-refractivity contribution in [1.82, 2.24) is 0 Å². The van der Waals surface area contributed by atoms with Gasteiger partial charge in [0.15, 0.2) is 0 Å². The van der Waals surface area contributed by atoms with Crippen LogP contribution in [0.5, 0.6) is 0 Å². The van der Waals surface area contributed by atoms with E-state index in [9.17, 15) is 39.3 Å². The van der Waals surface area contributed by atoms with Gasteiger partial charge in [0, 0.05) is 11.1 Å². The summed E-state index contributed by atoms with van der Waals surface area (Å²) in [6.07, 6.45) is -4.37. The average molecular weight is 342 g/mol. The minimum absolute atomic E-state index is 0.611. The fraction of sp³-hybridized carbons (Fsp3) is 0.333. The van der Waals surface area contributed by atoms with Gasteiger partial charge in [0.2, 0.25) is 5.79 Å². The van der Waals surface area contributed by atoms with Gasteiger partial charge in [-0.1, -0.05) is 6.07 Å². The Morgan fingerprint density at radius 1 is 0.952 bits per heavy atom. The summed E-state index contributed by atoms with van der Waals surface area (Å²) in [6, 6.07) is 1.38. The normalized spacial score (nSPS) is 25.0. The first kappa shape index (κ1) is 16.7. The maximum atomic E-state index is 11.5. The first-order valence-corrected chi connectivity index (χ1v) is 8.62. The lowest BCUT2D eigenvalue weighted by atomic mass is 10.1. The zero-order valence-electron chi connectivity index (χ0n) is 10.1. The summed E-state index contributed by atoms with van der Waals surface area (Å²) >= 11 is 0. The lowest BCUT2D eigenvalue weighted by Gasteiger charge is -2.21. The minimum atomic E-state index is -5.30. The van der Waals surface area contributed by atoms with Crippen molar-refractivity contribution in [1.29, 1.82) is 0 Å². The van der Waals surface area contributed by atoms with Gasteiger partial charge in [0.05, 0.1) is 10.6 Å². The van der Waals surface area contributed by atoms with Gasteiger partial charge in [-0.25, -0.2) is 0 Å². The highest BCUT2D eigenvalue weighted by molar-refractivity contribution is 7.67. The number of hydrogen-bond acceptors (Lipinski definition) is 6. The molecule has 1 aliphatic rings. The lowest BCUT2D eigenvalue weighted by Crippen LogP contribution is -2.36. The van der Waals surface area contributed by atoms with Gasteiger partial charge in [-0.2, -0.15) is 0 Å². The second-order valence-electron chi connectivity index (χ2n) is 4.60. The largest absolute Gasteiger partial charge is 0.385 e. The maximum absolute atomic E-state index is 11.5. The molecule has 0 spiro atoms. The molecule has 12 heteroatoms. The summed E-state index contributed by atoms with van der Waals surface area (Å²) in [5.74, 6) is -3.01. The fourth-order valence-corrected chi connectivity index (χ4v) is 4.68. The van der Waals surface area contributed by atoms with Gasteiger partial charge in [-0.3, -0.25) is 9.13 Å². The van der Waals surface area contributed by atoms with Crippen LogP contribution < -0.4 is 10.6 Å². The monoisotopic (exact) mass is 342 g/mol. The second kappa shape index (κ2) is 4.68. The number of benzene rings is 1. The molecule has 1 aliphatic carbocycles. The molecule has 0 saturated heterocycles. The Kier molecular flexibility index (Phi) is 3.72. The molecule has 1 aromatic rings. The molecular weight excluding hydrogens is 330 g/mol. The molecule has 10 nitrogen and oxygen atoms in total. The molecular formula is C9H12O10P2. The van der Waals surface area contributed by atoms with Crippen LogP contribution in [0.15, 0.2) is 12.1 Å². The molecule has 0 heterocycles. The summed E-state index contributed by atoms with van der Waals surface area (Å²) in [7, 11) is -10.4. The Bertz CT molecular complexity index is 686. The van der Waals surface area contributed by atoms with Crippen molar-refractivity contribution in [3.8, 4) is 0 Å². The summed E-state index contributed by atoms with van der Waals surface area (Å²) in [5, 5.41) is 36.3. The highest BCUT2D eigenvalue weighted by Gasteiger charge is 2.53. The van der Waals surface area contributed by atoms with E-state index in [-0.39, 0.29) is 0 Å². The predicted octanol–water partition coefficient (Wildman–Crippen LogP) is -3.16. The zero-order chi connectivity index (χ0) is 16.4. The molecule has 1 aromatic carbocycles. The van der Waals surface area contributed by atoms with Crippen LogP contribution in [0.1, 0.15) is 17.2 Å². The third-order valence-corrected chi connectivity index (χ3v) is 5.45. The van der Waals surface area contributed by atoms with Crippen LogP contribution >= 0.6 is 15.2 Å². The SMILES string of the molecule is O=P(O)(O)c1ccc2c(c1P(=O)(O)O)C(O)C(O)C2(O)O. The summed E-state index contributed by atoms with van der Waals surface area (Å²) in [6.45, 7) is 0. The number of aliphatic hydroxyl groups excluding tert-OH is 2. The van der Waals surface area contributed by atoms with E-state index in [1.54, 1.807) is 0 Å². The van der Waals surface area contributed by atoms with Crippen molar-refractivity contribution in [2.75, 3.05) is 0 Å². The van der Waals surface area contributed by atoms with Gasteiger partial charge in [-0.05, 0) is 6.07 Å². The minimum Gasteiger partial charge on any atom is -0.385 e. The van der Waals surface area contributed by atoms with Crippen LogP contribution in [0.3, 0.4) is 0 Å². The molecule has 8 N–H and O–H groups in total. The Labute approximate surface area is 117 Å². The Hall–Kier alpha value is -0.640. The topological polar surface area (TPSA) is 196 Å². The predicted molar refractivity (Wildman–Crippen MR) is 66.9 cm³/mol. The molecule has 0 fully saturated rings. The summed E-state index contributed by atoms with van der Waals surface area (Å²) in [4.78, 5) is 36.9. The lowest BCUT2D eigenvalue weighted by molar-refractivity contribution is -0.243. The number of aliphatic hydroxyl groups is 4. The second-order valence-corrected chi connectivity index (χ2v) is 7.70. The van der Waals surface area contributed by atoms with Crippen LogP contribution in [-0.4, -0.2) is 46.1 Å². The Morgan fingerprint density at radius 3 is 1.90 bits per heavy atom. The van der Waals surface area contributed by atoms with Crippen LogP contribution in [0, 0.1) is 0 Å². The third-order valence-electron chi connectivity index (χ3n) is 3.20. The van der Waals surface area contributed by atoms with Crippen molar-refractivity contribution in [3.63, 3.8) is 0 Å². The number of fused-ring (bicyclic) bond motifs is 1. The molecule has 2 unspecified atom stereocenters. The molecule has 0 aromatic heterocycles. The van der Waals surface area contributed by atoms with Gasteiger partial charge in [-0.15, -0.1) is 0 Å². The smallest absolute Gasteiger partial charge is 0.357 e. The van der Waals surface area contributed by atoms with Crippen molar-refractivity contribution in [2.24, 2.45) is 0 Å². The van der Waals surface area contributed by atoms with E-state index in [1.807, 2.05) is 0 Å². The Morgan fingerprint density at radius 2 is 1.48 bits per heavy atom. The standard InChI is InChI=1S/C9H12O10P2/c10-6-5-3(9(12,13)8(6)11)1-2-4(20(14,15)16)7(5)21(17,18)19/h1-2,6,8,10-13H,(H2,14,15,16)(H2,17,18,19). The Balaban J connectivity index is 2.94. The maximum Gasteiger partial charge on any atom is 0.357 e. The van der Waals surface area contributed by atoms with E-state index in [2.05, 4.69) is 0 Å². The molecule has 21 heavy (non-hydrogen) atoms. The highest BCUT2D eigenvalue weighted by atomic mass is 31.2. The van der Waals surface area contributed by atoms with Crippen LogP contribution in [-0.2, 0) is 14.9 Å². The van der Waals surface area contributed by atoms with Crippen molar-refractivity contribution < 1.29 is 49.1 Å². The van der Waals surface area contributed by atoms with Crippen molar-refractivity contribution in [3.05, 3.63) is 23.3 Å². The van der Waals surface area contributed by atoms with Gasteiger partial charge in [0.25, 0.3) is 0 Å². The van der Waals surface area contributed by atoms with Gasteiger partial charge >= 0.3 is 15.2 Å². The van der Waals surface area contributed by atoms with Crippen molar-refractivity contribution >= 4 is 25.8 Å². The number of hydrogen-bond donors (Lipinski definition) is 8. The molecule has 0 radical (unpaired) electrons. The quantitative estimate of drug-likeness (QED) is 0.201. The molecule has 0 bridgehead atoms. The first-order valence-electron chi connectivity index (χ1n) is 5.40. The van der Waals surface area contributed by atoms with Crippen LogP contribution in [0.25, 0.3) is 0 Å². The molecule has 0 saturated carbocycles. The van der Waals surface area contributed by atoms with E-state index >= 15 is 0 Å². The van der Waals surface area contributed by atoms with E-state index in [0.717, 1.165) is 6.07 Å². The van der Waals surface area contributed by atoms with Gasteiger partial charge in [0.1, 0.15) is 12.2 Å². The zero-order valence-corrected chi connectivity index (χ0v) is 11.9. The van der Waals surface area contributed by atoms with E-state index in [1.165, 1.54) is 0 Å². The van der Waals surface area contributed by atoms with E-state index in [4.69, 9.17) is 9.79 Å².